The summed E-state index contributed by atoms with van der Waals surface area (Å²) in [7, 11) is 1.63. The Bertz CT molecular complexity index is 1020. The first kappa shape index (κ1) is 18.2. The van der Waals surface area contributed by atoms with Crippen LogP contribution >= 0.6 is 11.3 Å². The SMILES string of the molecule is COc1ccc(-c2nc3c(s2)[C@H](NC(=O)c2ccc(C(=O)O)o2)CCC3)cc1. The van der Waals surface area contributed by atoms with Gasteiger partial charge in [-0.05, 0) is 55.7 Å². The summed E-state index contributed by atoms with van der Waals surface area (Å²) in [6.45, 7) is 0. The van der Waals surface area contributed by atoms with Crippen molar-refractivity contribution in [1.82, 2.24) is 10.3 Å². The number of carbonyl (C=O) groups excluding carboxylic acids is 1. The van der Waals surface area contributed by atoms with E-state index in [4.69, 9.17) is 19.2 Å². The first-order valence-corrected chi connectivity index (χ1v) is 9.65. The van der Waals surface area contributed by atoms with Crippen LogP contribution in [0.5, 0.6) is 5.75 Å². The number of carbonyl (C=O) groups is 2. The van der Waals surface area contributed by atoms with Crippen LogP contribution in [0.1, 0.15) is 50.6 Å². The molecule has 0 fully saturated rings. The average Bonchev–Trinajstić information content (AvgIpc) is 3.36. The number of fused-ring (bicyclic) bond motifs is 1. The standard InChI is InChI=1S/C20H18N2O5S/c1-26-12-7-5-11(6-8-12)19-22-14-4-2-3-13(17(14)28-19)21-18(23)15-9-10-16(27-15)20(24)25/h5-10,13H,2-4H2,1H3,(H,21,23)(H,24,25)/t13-/m1/s1. The molecule has 4 rings (SSSR count). The van der Waals surface area contributed by atoms with Crippen LogP contribution in [0.3, 0.4) is 0 Å². The molecule has 0 saturated heterocycles. The average molecular weight is 398 g/mol. The number of nitrogens with one attached hydrogen (secondary N) is 1. The molecule has 0 unspecified atom stereocenters. The predicted molar refractivity (Wildman–Crippen MR) is 103 cm³/mol. The number of amides is 1. The monoisotopic (exact) mass is 398 g/mol. The molecule has 28 heavy (non-hydrogen) atoms. The number of thiazole rings is 1. The molecule has 7 nitrogen and oxygen atoms in total. The van der Waals surface area contributed by atoms with Crippen LogP contribution in [-0.2, 0) is 6.42 Å². The summed E-state index contributed by atoms with van der Waals surface area (Å²) in [5.41, 5.74) is 2.00. The van der Waals surface area contributed by atoms with E-state index in [0.717, 1.165) is 46.2 Å². The number of ether oxygens (including phenoxy) is 1. The Hall–Kier alpha value is -3.13. The predicted octanol–water partition coefficient (Wildman–Crippen LogP) is 3.92. The van der Waals surface area contributed by atoms with E-state index >= 15 is 0 Å². The topological polar surface area (TPSA) is 102 Å². The molecule has 0 radical (unpaired) electrons. The first-order valence-electron chi connectivity index (χ1n) is 8.83. The molecule has 8 heteroatoms. The Morgan fingerprint density at radius 3 is 2.64 bits per heavy atom. The fourth-order valence-electron chi connectivity index (χ4n) is 3.22. The molecule has 1 atom stereocenters. The van der Waals surface area contributed by atoms with Gasteiger partial charge in [-0.15, -0.1) is 11.3 Å². The maximum absolute atomic E-state index is 12.5. The van der Waals surface area contributed by atoms with E-state index in [-0.39, 0.29) is 17.6 Å². The molecule has 2 heterocycles. The van der Waals surface area contributed by atoms with Crippen molar-refractivity contribution in [2.24, 2.45) is 0 Å². The molecule has 2 aromatic heterocycles. The van der Waals surface area contributed by atoms with Crippen molar-refractivity contribution in [2.75, 3.05) is 7.11 Å². The van der Waals surface area contributed by atoms with Gasteiger partial charge in [-0.25, -0.2) is 9.78 Å². The molecule has 0 aliphatic heterocycles. The Balaban J connectivity index is 1.55. The van der Waals surface area contributed by atoms with Gasteiger partial charge in [0.15, 0.2) is 5.76 Å². The number of rotatable bonds is 5. The summed E-state index contributed by atoms with van der Waals surface area (Å²) >= 11 is 1.57. The highest BCUT2D eigenvalue weighted by atomic mass is 32.1. The van der Waals surface area contributed by atoms with Crippen LogP contribution in [0.4, 0.5) is 0 Å². The van der Waals surface area contributed by atoms with E-state index in [1.807, 2.05) is 24.3 Å². The number of benzene rings is 1. The van der Waals surface area contributed by atoms with E-state index in [2.05, 4.69) is 5.32 Å². The minimum absolute atomic E-state index is 0.00980. The third kappa shape index (κ3) is 3.50. The van der Waals surface area contributed by atoms with Gasteiger partial charge in [0.1, 0.15) is 10.8 Å². The Morgan fingerprint density at radius 1 is 1.21 bits per heavy atom. The van der Waals surface area contributed by atoms with Crippen molar-refractivity contribution < 1.29 is 23.8 Å². The van der Waals surface area contributed by atoms with Crippen molar-refractivity contribution in [3.63, 3.8) is 0 Å². The second kappa shape index (κ2) is 7.47. The number of aromatic carboxylic acids is 1. The molecular formula is C20H18N2O5S. The molecule has 144 valence electrons. The third-order valence-electron chi connectivity index (χ3n) is 4.63. The summed E-state index contributed by atoms with van der Waals surface area (Å²) in [4.78, 5) is 29.2. The van der Waals surface area contributed by atoms with E-state index in [1.54, 1.807) is 18.4 Å². The van der Waals surface area contributed by atoms with Gasteiger partial charge >= 0.3 is 5.97 Å². The minimum Gasteiger partial charge on any atom is -0.497 e. The molecule has 1 aliphatic rings. The van der Waals surface area contributed by atoms with Gasteiger partial charge in [0.25, 0.3) is 5.91 Å². The Labute approximate surface area is 165 Å². The lowest BCUT2D eigenvalue weighted by Crippen LogP contribution is -2.30. The zero-order valence-electron chi connectivity index (χ0n) is 15.1. The third-order valence-corrected chi connectivity index (χ3v) is 5.89. The summed E-state index contributed by atoms with van der Waals surface area (Å²) in [5.74, 6) is -1.11. The lowest BCUT2D eigenvalue weighted by atomic mass is 9.98. The smallest absolute Gasteiger partial charge is 0.371 e. The number of carboxylic acid groups (broad SMARTS) is 1. The normalized spacial score (nSPS) is 15.7. The number of aryl methyl sites for hydroxylation is 1. The highest BCUT2D eigenvalue weighted by Gasteiger charge is 2.27. The number of aromatic nitrogens is 1. The summed E-state index contributed by atoms with van der Waals surface area (Å²) in [6.07, 6.45) is 2.59. The molecule has 0 spiro atoms. The summed E-state index contributed by atoms with van der Waals surface area (Å²) < 4.78 is 10.3. The molecule has 2 N–H and O–H groups in total. The van der Waals surface area contributed by atoms with Crippen molar-refractivity contribution in [2.45, 2.75) is 25.3 Å². The maximum Gasteiger partial charge on any atom is 0.371 e. The first-order chi connectivity index (χ1) is 13.5. The molecule has 1 aromatic carbocycles. The number of hydrogen-bond donors (Lipinski definition) is 2. The summed E-state index contributed by atoms with van der Waals surface area (Å²) in [6, 6.07) is 10.2. The number of carboxylic acids is 1. The lowest BCUT2D eigenvalue weighted by molar-refractivity contribution is 0.0659. The molecule has 1 aliphatic carbocycles. The number of nitrogens with zero attached hydrogens (tertiary/aromatic N) is 1. The zero-order valence-corrected chi connectivity index (χ0v) is 15.9. The van der Waals surface area contributed by atoms with Gasteiger partial charge in [0, 0.05) is 5.56 Å². The number of furan rings is 1. The van der Waals surface area contributed by atoms with Crippen LogP contribution < -0.4 is 10.1 Å². The van der Waals surface area contributed by atoms with Crippen LogP contribution in [0.2, 0.25) is 0 Å². The van der Waals surface area contributed by atoms with Crippen LogP contribution in [0, 0.1) is 0 Å². The molecule has 3 aromatic rings. The van der Waals surface area contributed by atoms with E-state index < -0.39 is 11.9 Å². The molecule has 1 amide bonds. The second-order valence-electron chi connectivity index (χ2n) is 6.45. The van der Waals surface area contributed by atoms with Crippen molar-refractivity contribution >= 4 is 23.2 Å². The van der Waals surface area contributed by atoms with E-state index in [9.17, 15) is 9.59 Å². The van der Waals surface area contributed by atoms with Gasteiger partial charge < -0.3 is 19.6 Å². The fourth-order valence-corrected chi connectivity index (χ4v) is 4.42. The maximum atomic E-state index is 12.5. The van der Waals surface area contributed by atoms with E-state index in [0.29, 0.717) is 0 Å². The zero-order chi connectivity index (χ0) is 19.7. The van der Waals surface area contributed by atoms with Crippen LogP contribution in [0.15, 0.2) is 40.8 Å². The Kier molecular flexibility index (Phi) is 4.87. The highest BCUT2D eigenvalue weighted by Crippen LogP contribution is 2.38. The van der Waals surface area contributed by atoms with Gasteiger partial charge in [0.05, 0.1) is 23.7 Å². The van der Waals surface area contributed by atoms with E-state index in [1.165, 1.54) is 12.1 Å². The van der Waals surface area contributed by atoms with Crippen molar-refractivity contribution in [3.8, 4) is 16.3 Å². The van der Waals surface area contributed by atoms with Gasteiger partial charge in [-0.2, -0.15) is 0 Å². The van der Waals surface area contributed by atoms with Crippen molar-refractivity contribution in [3.05, 3.63) is 58.5 Å². The number of methoxy groups -OCH3 is 1. The van der Waals surface area contributed by atoms with Crippen LogP contribution in [0.25, 0.3) is 10.6 Å². The van der Waals surface area contributed by atoms with Gasteiger partial charge in [0.2, 0.25) is 5.76 Å². The molecule has 0 saturated carbocycles. The fraction of sp³-hybridized carbons (Fsp3) is 0.250. The number of hydrogen-bond acceptors (Lipinski definition) is 6. The van der Waals surface area contributed by atoms with Crippen LogP contribution in [-0.4, -0.2) is 29.1 Å². The van der Waals surface area contributed by atoms with Crippen molar-refractivity contribution in [1.29, 1.82) is 0 Å². The summed E-state index contributed by atoms with van der Waals surface area (Å²) in [5, 5.41) is 12.8. The van der Waals surface area contributed by atoms with Gasteiger partial charge in [-0.1, -0.05) is 0 Å². The molecular weight excluding hydrogens is 380 g/mol. The quantitative estimate of drug-likeness (QED) is 0.675. The Morgan fingerprint density at radius 2 is 1.96 bits per heavy atom. The molecule has 0 bridgehead atoms. The largest absolute Gasteiger partial charge is 0.497 e. The minimum atomic E-state index is -1.20. The second-order valence-corrected chi connectivity index (χ2v) is 7.48. The van der Waals surface area contributed by atoms with Gasteiger partial charge in [-0.3, -0.25) is 4.79 Å². The lowest BCUT2D eigenvalue weighted by Gasteiger charge is -2.21. The highest BCUT2D eigenvalue weighted by molar-refractivity contribution is 7.15.